The lowest BCUT2D eigenvalue weighted by Gasteiger charge is -2.52. The third kappa shape index (κ3) is 5.28. The summed E-state index contributed by atoms with van der Waals surface area (Å²) in [6.45, 7) is 5.91. The highest BCUT2D eigenvalue weighted by molar-refractivity contribution is 7.92. The SMILES string of the molecule is O=S(=O)(c1ccc(N2CC(CN3CCC(C4(C5CCCC5)CCCc5ccccc54)CC3)C2)cc1)C1CCCCC1. The van der Waals surface area contributed by atoms with Crippen LogP contribution < -0.4 is 4.90 Å². The van der Waals surface area contributed by atoms with Crippen molar-refractivity contribution in [3.63, 3.8) is 0 Å². The van der Waals surface area contributed by atoms with E-state index in [0.29, 0.717) is 10.3 Å². The zero-order valence-corrected chi connectivity index (χ0v) is 25.8. The highest BCUT2D eigenvalue weighted by atomic mass is 32.2. The average Bonchev–Trinajstić information content (AvgIpc) is 3.55. The number of fused-ring (bicyclic) bond motifs is 1. The largest absolute Gasteiger partial charge is 0.371 e. The second-order valence-electron chi connectivity index (χ2n) is 14.2. The van der Waals surface area contributed by atoms with Crippen molar-refractivity contribution in [1.29, 1.82) is 0 Å². The number of rotatable bonds is 7. The van der Waals surface area contributed by atoms with Crippen LogP contribution in [0.25, 0.3) is 0 Å². The van der Waals surface area contributed by atoms with E-state index in [0.717, 1.165) is 56.5 Å². The number of piperidine rings is 1. The molecule has 222 valence electrons. The van der Waals surface area contributed by atoms with E-state index in [1.165, 1.54) is 89.5 Å². The van der Waals surface area contributed by atoms with Gasteiger partial charge in [-0.1, -0.05) is 56.4 Å². The molecular formula is C36H50N2O2S. The van der Waals surface area contributed by atoms with E-state index in [-0.39, 0.29) is 5.25 Å². The predicted octanol–water partition coefficient (Wildman–Crippen LogP) is 7.41. The minimum atomic E-state index is -3.19. The van der Waals surface area contributed by atoms with Crippen LogP contribution in [0, 0.1) is 17.8 Å². The van der Waals surface area contributed by atoms with Crippen molar-refractivity contribution in [3.05, 3.63) is 59.7 Å². The van der Waals surface area contributed by atoms with Crippen LogP contribution in [0.3, 0.4) is 0 Å². The highest BCUT2D eigenvalue weighted by Crippen LogP contribution is 2.55. The molecule has 2 saturated heterocycles. The number of hydrogen-bond acceptors (Lipinski definition) is 4. The molecule has 1 atom stereocenters. The fraction of sp³-hybridized carbons (Fsp3) is 0.667. The van der Waals surface area contributed by atoms with Gasteiger partial charge >= 0.3 is 0 Å². The highest BCUT2D eigenvalue weighted by Gasteiger charge is 2.49. The second-order valence-corrected chi connectivity index (χ2v) is 16.4. The fourth-order valence-electron chi connectivity index (χ4n) is 9.83. The maximum absolute atomic E-state index is 13.1. The van der Waals surface area contributed by atoms with Crippen LogP contribution in [-0.2, 0) is 21.7 Å². The molecule has 0 N–H and O–H groups in total. The van der Waals surface area contributed by atoms with E-state index >= 15 is 0 Å². The zero-order chi connectivity index (χ0) is 27.9. The topological polar surface area (TPSA) is 40.6 Å². The monoisotopic (exact) mass is 574 g/mol. The lowest BCUT2D eigenvalue weighted by Crippen LogP contribution is -2.54. The second kappa shape index (κ2) is 11.7. The van der Waals surface area contributed by atoms with Gasteiger partial charge in [-0.05, 0) is 118 Å². The smallest absolute Gasteiger partial charge is 0.181 e. The summed E-state index contributed by atoms with van der Waals surface area (Å²) in [6.07, 6.45) is 17.5. The van der Waals surface area contributed by atoms with Gasteiger partial charge in [-0.3, -0.25) is 0 Å². The Kier molecular flexibility index (Phi) is 7.96. The van der Waals surface area contributed by atoms with Gasteiger partial charge in [0.25, 0.3) is 0 Å². The van der Waals surface area contributed by atoms with Gasteiger partial charge in [-0.2, -0.15) is 0 Å². The van der Waals surface area contributed by atoms with Crippen LogP contribution in [-0.4, -0.2) is 51.3 Å². The molecular weight excluding hydrogens is 524 g/mol. The Labute approximate surface area is 248 Å². The first kappa shape index (κ1) is 28.0. The summed E-state index contributed by atoms with van der Waals surface area (Å²) >= 11 is 0. The summed E-state index contributed by atoms with van der Waals surface area (Å²) in [6, 6.07) is 17.3. The van der Waals surface area contributed by atoms with Gasteiger partial charge in [0.05, 0.1) is 10.1 Å². The van der Waals surface area contributed by atoms with Crippen molar-refractivity contribution in [2.45, 2.75) is 105 Å². The third-order valence-corrected chi connectivity index (χ3v) is 14.2. The quantitative estimate of drug-likeness (QED) is 0.345. The molecule has 0 aromatic heterocycles. The molecule has 41 heavy (non-hydrogen) atoms. The minimum Gasteiger partial charge on any atom is -0.371 e. The van der Waals surface area contributed by atoms with E-state index in [4.69, 9.17) is 0 Å². The molecule has 0 radical (unpaired) electrons. The van der Waals surface area contributed by atoms with Crippen molar-refractivity contribution in [2.24, 2.45) is 17.8 Å². The van der Waals surface area contributed by atoms with E-state index < -0.39 is 9.84 Å². The molecule has 3 aliphatic carbocycles. The fourth-order valence-corrected chi connectivity index (χ4v) is 11.7. The van der Waals surface area contributed by atoms with E-state index in [2.05, 4.69) is 34.1 Å². The third-order valence-electron chi connectivity index (χ3n) is 12.0. The van der Waals surface area contributed by atoms with Crippen LogP contribution in [0.15, 0.2) is 53.4 Å². The van der Waals surface area contributed by atoms with Gasteiger partial charge in [0.2, 0.25) is 0 Å². The first-order valence-electron chi connectivity index (χ1n) is 16.9. The van der Waals surface area contributed by atoms with Crippen molar-refractivity contribution >= 4 is 15.5 Å². The Morgan fingerprint density at radius 3 is 2.12 bits per heavy atom. The van der Waals surface area contributed by atoms with Crippen LogP contribution in [0.2, 0.25) is 0 Å². The van der Waals surface area contributed by atoms with Crippen LogP contribution in [0.4, 0.5) is 5.69 Å². The molecule has 4 nitrogen and oxygen atoms in total. The molecule has 5 aliphatic rings. The summed E-state index contributed by atoms with van der Waals surface area (Å²) in [5.74, 6) is 2.45. The Bertz CT molecular complexity index is 1280. The standard InChI is InChI=1S/C36H50N2O2S/c39-41(40,33-13-2-1-3-14-33)34-18-16-32(17-19-34)38-26-28(27-38)25-37-23-20-31(21-24-37)36(30-11-5-6-12-30)22-8-10-29-9-4-7-15-35(29)36/h4,7,9,15-19,28,30-31,33H,1-3,5-6,8,10-14,20-27H2. The number of likely N-dealkylation sites (tertiary alicyclic amines) is 1. The summed E-state index contributed by atoms with van der Waals surface area (Å²) in [4.78, 5) is 5.71. The number of benzene rings is 2. The Hall–Kier alpha value is -1.85. The van der Waals surface area contributed by atoms with Gasteiger partial charge in [-0.25, -0.2) is 8.42 Å². The van der Waals surface area contributed by atoms with Crippen molar-refractivity contribution in [3.8, 4) is 0 Å². The van der Waals surface area contributed by atoms with Crippen LogP contribution in [0.1, 0.15) is 94.6 Å². The number of hydrogen-bond donors (Lipinski definition) is 0. The molecule has 2 aromatic carbocycles. The zero-order valence-electron chi connectivity index (χ0n) is 25.0. The van der Waals surface area contributed by atoms with E-state index in [1.54, 1.807) is 11.1 Å². The summed E-state index contributed by atoms with van der Waals surface area (Å²) in [5, 5.41) is -0.180. The molecule has 0 spiro atoms. The van der Waals surface area contributed by atoms with Crippen molar-refractivity contribution < 1.29 is 8.42 Å². The van der Waals surface area contributed by atoms with Gasteiger partial charge in [0, 0.05) is 36.7 Å². The Morgan fingerprint density at radius 1 is 0.732 bits per heavy atom. The molecule has 2 aromatic rings. The maximum Gasteiger partial charge on any atom is 0.181 e. The molecule has 1 unspecified atom stereocenters. The number of anilines is 1. The van der Waals surface area contributed by atoms with Gasteiger partial charge in [0.15, 0.2) is 9.84 Å². The first-order valence-corrected chi connectivity index (χ1v) is 18.5. The normalized spacial score (nSPS) is 27.6. The molecule has 4 fully saturated rings. The van der Waals surface area contributed by atoms with Gasteiger partial charge in [0.1, 0.15) is 0 Å². The molecule has 7 rings (SSSR count). The Morgan fingerprint density at radius 2 is 1.39 bits per heavy atom. The maximum atomic E-state index is 13.1. The lowest BCUT2D eigenvalue weighted by molar-refractivity contribution is 0.0648. The molecule has 2 saturated carbocycles. The van der Waals surface area contributed by atoms with Gasteiger partial charge < -0.3 is 9.80 Å². The van der Waals surface area contributed by atoms with Crippen molar-refractivity contribution in [2.75, 3.05) is 37.6 Å². The predicted molar refractivity (Wildman–Crippen MR) is 168 cm³/mol. The van der Waals surface area contributed by atoms with Crippen LogP contribution >= 0.6 is 0 Å². The number of nitrogens with zero attached hydrogens (tertiary/aromatic N) is 2. The average molecular weight is 575 g/mol. The summed E-state index contributed by atoms with van der Waals surface area (Å²) in [5.41, 5.74) is 5.00. The molecule has 2 heterocycles. The minimum absolute atomic E-state index is 0.180. The number of sulfone groups is 1. The summed E-state index contributed by atoms with van der Waals surface area (Å²) < 4.78 is 26.2. The molecule has 2 aliphatic heterocycles. The molecule has 0 bridgehead atoms. The molecule has 5 heteroatoms. The molecule has 0 amide bonds. The van der Waals surface area contributed by atoms with Crippen molar-refractivity contribution in [1.82, 2.24) is 4.90 Å². The van der Waals surface area contributed by atoms with Crippen LogP contribution in [0.5, 0.6) is 0 Å². The number of aryl methyl sites for hydroxylation is 1. The first-order chi connectivity index (χ1) is 20.0. The Balaban J connectivity index is 0.940. The van der Waals surface area contributed by atoms with Gasteiger partial charge in [-0.15, -0.1) is 0 Å². The summed E-state index contributed by atoms with van der Waals surface area (Å²) in [7, 11) is -3.19. The lowest BCUT2D eigenvalue weighted by atomic mass is 9.54. The van der Waals surface area contributed by atoms with E-state index in [1.807, 2.05) is 24.3 Å². The van der Waals surface area contributed by atoms with E-state index in [9.17, 15) is 8.42 Å².